The minimum Gasteiger partial charge on any atom is -0.494 e. The third kappa shape index (κ3) is 7.05. The van der Waals surface area contributed by atoms with Crippen LogP contribution < -0.4 is 14.9 Å². The van der Waals surface area contributed by atoms with Crippen LogP contribution in [-0.4, -0.2) is 31.7 Å². The molecule has 1 amide bonds. The van der Waals surface area contributed by atoms with Gasteiger partial charge in [0, 0.05) is 29.1 Å². The average Bonchev–Trinajstić information content (AvgIpc) is 3.22. The molecule has 2 N–H and O–H groups in total. The average molecular weight is 559 g/mol. The van der Waals surface area contributed by atoms with Crippen LogP contribution in [0, 0.1) is 20.8 Å². The molecule has 0 radical (unpaired) electrons. The Bertz CT molecular complexity index is 1580. The predicted molar refractivity (Wildman–Crippen MR) is 157 cm³/mol. The molecule has 1 aromatic heterocycles. The zero-order valence-corrected chi connectivity index (χ0v) is 23.9. The molecule has 208 valence electrons. The van der Waals surface area contributed by atoms with E-state index in [4.69, 9.17) is 4.74 Å². The number of nitrogens with one attached hydrogen (secondary N) is 2. The third-order valence-electron chi connectivity index (χ3n) is 6.49. The zero-order valence-electron chi connectivity index (χ0n) is 23.1. The summed E-state index contributed by atoms with van der Waals surface area (Å²) in [7, 11) is -3.85. The Morgan fingerprint density at radius 2 is 1.65 bits per heavy atom. The molecule has 0 saturated heterocycles. The van der Waals surface area contributed by atoms with Crippen LogP contribution in [0.1, 0.15) is 47.5 Å². The molecule has 9 heteroatoms. The Labute approximate surface area is 235 Å². The van der Waals surface area contributed by atoms with E-state index in [0.717, 1.165) is 34.0 Å². The molecule has 40 heavy (non-hydrogen) atoms. The van der Waals surface area contributed by atoms with E-state index >= 15 is 0 Å². The van der Waals surface area contributed by atoms with Crippen molar-refractivity contribution in [3.05, 3.63) is 113 Å². The molecule has 8 nitrogen and oxygen atoms in total. The fourth-order valence-corrected chi connectivity index (χ4v) is 5.69. The van der Waals surface area contributed by atoms with Crippen molar-refractivity contribution in [1.29, 1.82) is 0 Å². The second-order valence-electron chi connectivity index (χ2n) is 9.48. The van der Waals surface area contributed by atoms with Crippen LogP contribution in [0.2, 0.25) is 0 Å². The molecule has 3 aromatic carbocycles. The number of ether oxygens (including phenoxy) is 1. The number of aromatic nitrogens is 1. The monoisotopic (exact) mass is 558 g/mol. The fraction of sp³-hybridized carbons (Fsp3) is 0.226. The number of amides is 1. The van der Waals surface area contributed by atoms with Gasteiger partial charge in [0.25, 0.3) is 0 Å². The quantitative estimate of drug-likeness (QED) is 0.191. The molecule has 0 aliphatic rings. The number of hydrogen-bond donors (Lipinski definition) is 2. The minimum absolute atomic E-state index is 0.127. The van der Waals surface area contributed by atoms with Crippen molar-refractivity contribution >= 4 is 22.1 Å². The summed E-state index contributed by atoms with van der Waals surface area (Å²) in [5, 5.41) is 4.16. The van der Waals surface area contributed by atoms with Crippen LogP contribution in [-0.2, 0) is 14.8 Å². The van der Waals surface area contributed by atoms with Crippen LogP contribution >= 0.6 is 0 Å². The van der Waals surface area contributed by atoms with Crippen molar-refractivity contribution in [2.75, 3.05) is 6.61 Å². The van der Waals surface area contributed by atoms with Gasteiger partial charge in [0.05, 0.1) is 23.8 Å². The van der Waals surface area contributed by atoms with E-state index in [2.05, 4.69) is 19.8 Å². The summed E-state index contributed by atoms with van der Waals surface area (Å²) < 4.78 is 36.5. The van der Waals surface area contributed by atoms with E-state index in [1.54, 1.807) is 54.7 Å². The number of nitrogens with zero attached hydrogens (tertiary/aromatic N) is 2. The van der Waals surface area contributed by atoms with Crippen molar-refractivity contribution in [3.63, 3.8) is 0 Å². The Morgan fingerprint density at radius 1 is 0.975 bits per heavy atom. The first-order valence-electron chi connectivity index (χ1n) is 13.1. The Morgan fingerprint density at radius 3 is 2.30 bits per heavy atom. The maximum atomic E-state index is 13.1. The van der Waals surface area contributed by atoms with Crippen molar-refractivity contribution in [1.82, 2.24) is 14.7 Å². The van der Waals surface area contributed by atoms with Crippen molar-refractivity contribution in [2.24, 2.45) is 5.10 Å². The van der Waals surface area contributed by atoms with Crippen LogP contribution in [0.3, 0.4) is 0 Å². The van der Waals surface area contributed by atoms with E-state index < -0.39 is 22.0 Å². The normalized spacial score (nSPS) is 12.4. The van der Waals surface area contributed by atoms with Gasteiger partial charge in [-0.2, -0.15) is 5.10 Å². The highest BCUT2D eigenvalue weighted by Crippen LogP contribution is 2.23. The lowest BCUT2D eigenvalue weighted by Gasteiger charge is -2.18. The molecule has 0 aliphatic heterocycles. The van der Waals surface area contributed by atoms with E-state index in [1.165, 1.54) is 0 Å². The van der Waals surface area contributed by atoms with Gasteiger partial charge in [-0.05, 0) is 75.7 Å². The fourth-order valence-electron chi connectivity index (χ4n) is 4.46. The molecular formula is C31H34N4O4S. The number of hydrazone groups is 1. The molecule has 0 bridgehead atoms. The molecule has 0 fully saturated rings. The molecule has 0 aliphatic carbocycles. The Hall–Kier alpha value is -4.21. The summed E-state index contributed by atoms with van der Waals surface area (Å²) in [6, 6.07) is 24.7. The Balaban J connectivity index is 1.46. The predicted octanol–water partition coefficient (Wildman–Crippen LogP) is 5.36. The molecule has 0 saturated carbocycles. The molecule has 1 atom stereocenters. The van der Waals surface area contributed by atoms with Crippen LogP contribution in [0.4, 0.5) is 0 Å². The summed E-state index contributed by atoms with van der Waals surface area (Å²) in [4.78, 5) is 13.0. The lowest BCUT2D eigenvalue weighted by molar-refractivity contribution is -0.121. The van der Waals surface area contributed by atoms with Gasteiger partial charge in [-0.1, -0.05) is 48.0 Å². The van der Waals surface area contributed by atoms with Crippen LogP contribution in [0.25, 0.3) is 5.69 Å². The third-order valence-corrected chi connectivity index (χ3v) is 7.98. The lowest BCUT2D eigenvalue weighted by atomic mass is 10.0. The van der Waals surface area contributed by atoms with Gasteiger partial charge in [0.2, 0.25) is 15.9 Å². The second kappa shape index (κ2) is 12.8. The smallest absolute Gasteiger partial charge is 0.242 e. The largest absolute Gasteiger partial charge is 0.494 e. The Kier molecular flexibility index (Phi) is 9.19. The highest BCUT2D eigenvalue weighted by Gasteiger charge is 2.23. The number of hydrogen-bond acceptors (Lipinski definition) is 5. The van der Waals surface area contributed by atoms with Gasteiger partial charge in [-0.25, -0.2) is 18.6 Å². The maximum Gasteiger partial charge on any atom is 0.242 e. The van der Waals surface area contributed by atoms with Gasteiger partial charge in [0.15, 0.2) is 0 Å². The van der Waals surface area contributed by atoms with Gasteiger partial charge in [-0.15, -0.1) is 0 Å². The topological polar surface area (TPSA) is 102 Å². The molecule has 1 heterocycles. The highest BCUT2D eigenvalue weighted by molar-refractivity contribution is 7.89. The van der Waals surface area contributed by atoms with E-state index in [0.29, 0.717) is 12.2 Å². The van der Waals surface area contributed by atoms with Crippen molar-refractivity contribution in [2.45, 2.75) is 45.1 Å². The highest BCUT2D eigenvalue weighted by atomic mass is 32.2. The summed E-state index contributed by atoms with van der Waals surface area (Å²) in [5.74, 6) is 0.394. The molecule has 4 rings (SSSR count). The van der Waals surface area contributed by atoms with Gasteiger partial charge in [-0.3, -0.25) is 4.79 Å². The van der Waals surface area contributed by atoms with Crippen LogP contribution in [0.5, 0.6) is 5.75 Å². The molecule has 0 unspecified atom stereocenters. The summed E-state index contributed by atoms with van der Waals surface area (Å²) in [5.41, 5.74) is 8.01. The van der Waals surface area contributed by atoms with Crippen LogP contribution in [0.15, 0.2) is 94.9 Å². The summed E-state index contributed by atoms with van der Waals surface area (Å²) in [6.07, 6.45) is 1.47. The maximum absolute atomic E-state index is 13.1. The second-order valence-corrected chi connectivity index (χ2v) is 11.2. The lowest BCUT2D eigenvalue weighted by Crippen LogP contribution is -2.32. The first-order chi connectivity index (χ1) is 19.2. The molecular weight excluding hydrogens is 524 g/mol. The van der Waals surface area contributed by atoms with E-state index in [-0.39, 0.29) is 11.3 Å². The minimum atomic E-state index is -3.85. The van der Waals surface area contributed by atoms with Gasteiger partial charge < -0.3 is 9.30 Å². The number of aryl methyl sites for hydroxylation is 2. The molecule has 0 spiro atoms. The SMILES string of the molecule is CCOc1ccc(-n2c(C)cc(/C=N\NC(=O)C[C@@H](NS(=O)(=O)c3ccc(C)cc3)c3ccccc3)c2C)cc1. The number of benzene rings is 3. The number of sulfonamides is 1. The molecule has 4 aromatic rings. The first-order valence-corrected chi connectivity index (χ1v) is 14.5. The zero-order chi connectivity index (χ0) is 28.7. The summed E-state index contributed by atoms with van der Waals surface area (Å²) in [6.45, 7) is 8.43. The summed E-state index contributed by atoms with van der Waals surface area (Å²) >= 11 is 0. The van der Waals surface area contributed by atoms with Crippen molar-refractivity contribution < 1.29 is 17.9 Å². The van der Waals surface area contributed by atoms with E-state index in [1.807, 2.05) is 64.1 Å². The van der Waals surface area contributed by atoms with Crippen molar-refractivity contribution in [3.8, 4) is 11.4 Å². The van der Waals surface area contributed by atoms with E-state index in [9.17, 15) is 13.2 Å². The standard InChI is InChI=1S/C31H34N4O4S/c1-5-39-28-15-13-27(14-16-28)35-23(3)19-26(24(35)4)21-32-33-31(36)20-30(25-9-7-6-8-10-25)34-40(37,38)29-17-11-22(2)12-18-29/h6-19,21,30,34H,5,20H2,1-4H3,(H,33,36)/b32-21-/t30-/m1/s1. The number of rotatable bonds is 11. The first kappa shape index (κ1) is 28.8. The van der Waals surface area contributed by atoms with Gasteiger partial charge >= 0.3 is 0 Å². The number of carbonyl (C=O) groups excluding carboxylic acids is 1. The van der Waals surface area contributed by atoms with Gasteiger partial charge in [0.1, 0.15) is 5.75 Å². The number of carbonyl (C=O) groups is 1.